The van der Waals surface area contributed by atoms with Crippen LogP contribution in [0.5, 0.6) is 0 Å². The molecule has 0 amide bonds. The molecule has 1 saturated heterocycles. The highest BCUT2D eigenvalue weighted by molar-refractivity contribution is 5.99. The number of ether oxygens (including phenoxy) is 2. The average Bonchev–Trinajstić information content (AvgIpc) is 2.17. The predicted octanol–water partition coefficient (Wildman–Crippen LogP) is 0.445. The first-order valence-corrected chi connectivity index (χ1v) is 5.04. The number of allylic oxidation sites excluding steroid dienone is 1. The van der Waals surface area contributed by atoms with Gasteiger partial charge in [-0.1, -0.05) is 6.08 Å². The van der Waals surface area contributed by atoms with E-state index in [2.05, 4.69) is 9.47 Å². The van der Waals surface area contributed by atoms with Gasteiger partial charge < -0.3 is 9.47 Å². The molecule has 0 aromatic heterocycles. The highest BCUT2D eigenvalue weighted by Crippen LogP contribution is 2.28. The van der Waals surface area contributed by atoms with Gasteiger partial charge in [-0.3, -0.25) is 15.3 Å². The standard InChI is InChI=1S/C10H13NO4/c11-10-14-8(12)7(9(13)15-10)6-4-2-1-3-5-6/h4,7,10H,1-3,5,11H2. The van der Waals surface area contributed by atoms with Crippen LogP contribution in [0, 0.1) is 5.92 Å². The molecule has 0 unspecified atom stereocenters. The highest BCUT2D eigenvalue weighted by atomic mass is 16.7. The van der Waals surface area contributed by atoms with Crippen LogP contribution in [-0.4, -0.2) is 18.4 Å². The van der Waals surface area contributed by atoms with E-state index in [1.807, 2.05) is 6.08 Å². The van der Waals surface area contributed by atoms with Crippen LogP contribution in [0.3, 0.4) is 0 Å². The number of hydrogen-bond acceptors (Lipinski definition) is 5. The molecular weight excluding hydrogens is 198 g/mol. The average molecular weight is 211 g/mol. The molecule has 2 aliphatic rings. The maximum Gasteiger partial charge on any atom is 0.328 e. The summed E-state index contributed by atoms with van der Waals surface area (Å²) in [6, 6.07) is 0. The van der Waals surface area contributed by atoms with E-state index in [1.54, 1.807) is 0 Å². The minimum absolute atomic E-state index is 0.591. The smallest absolute Gasteiger partial charge is 0.328 e. The van der Waals surface area contributed by atoms with Crippen molar-refractivity contribution >= 4 is 11.9 Å². The van der Waals surface area contributed by atoms with Gasteiger partial charge in [0.15, 0.2) is 5.92 Å². The molecule has 0 saturated carbocycles. The summed E-state index contributed by atoms with van der Waals surface area (Å²) in [5.74, 6) is -2.07. The molecule has 5 nitrogen and oxygen atoms in total. The topological polar surface area (TPSA) is 78.6 Å². The number of carbonyl (C=O) groups excluding carboxylic acids is 2. The summed E-state index contributed by atoms with van der Waals surface area (Å²) in [5, 5.41) is 0. The molecule has 2 N–H and O–H groups in total. The molecule has 0 bridgehead atoms. The third-order valence-electron chi connectivity index (χ3n) is 2.63. The summed E-state index contributed by atoms with van der Waals surface area (Å²) in [6.45, 7) is 0. The summed E-state index contributed by atoms with van der Waals surface area (Å²) < 4.78 is 9.35. The summed E-state index contributed by atoms with van der Waals surface area (Å²) in [6.07, 6.45) is 4.43. The van der Waals surface area contributed by atoms with Gasteiger partial charge in [0.1, 0.15) is 0 Å². The van der Waals surface area contributed by atoms with Crippen LogP contribution < -0.4 is 5.73 Å². The predicted molar refractivity (Wildman–Crippen MR) is 50.2 cm³/mol. The monoisotopic (exact) mass is 211 g/mol. The summed E-state index contributed by atoms with van der Waals surface area (Å²) in [7, 11) is 0. The second-order valence-electron chi connectivity index (χ2n) is 3.70. The van der Waals surface area contributed by atoms with Crippen LogP contribution >= 0.6 is 0 Å². The fourth-order valence-corrected chi connectivity index (χ4v) is 1.91. The molecule has 0 atom stereocenters. The Bertz CT molecular complexity index is 305. The molecular formula is C10H13NO4. The molecule has 1 aliphatic carbocycles. The lowest BCUT2D eigenvalue weighted by Gasteiger charge is -2.27. The highest BCUT2D eigenvalue weighted by Gasteiger charge is 2.40. The van der Waals surface area contributed by atoms with Crippen LogP contribution in [0.1, 0.15) is 25.7 Å². The van der Waals surface area contributed by atoms with Crippen molar-refractivity contribution in [2.45, 2.75) is 32.1 Å². The molecule has 1 heterocycles. The van der Waals surface area contributed by atoms with Crippen LogP contribution in [0.25, 0.3) is 0 Å². The zero-order chi connectivity index (χ0) is 10.8. The Morgan fingerprint density at radius 2 is 1.87 bits per heavy atom. The number of esters is 2. The molecule has 15 heavy (non-hydrogen) atoms. The fraction of sp³-hybridized carbons (Fsp3) is 0.600. The van der Waals surface area contributed by atoms with E-state index >= 15 is 0 Å². The maximum absolute atomic E-state index is 11.5. The van der Waals surface area contributed by atoms with Crippen molar-refractivity contribution < 1.29 is 19.1 Å². The number of hydrogen-bond donors (Lipinski definition) is 1. The minimum Gasteiger partial charge on any atom is -0.410 e. The Kier molecular flexibility index (Phi) is 2.73. The normalized spacial score (nSPS) is 31.7. The lowest BCUT2D eigenvalue weighted by atomic mass is 9.89. The lowest BCUT2D eigenvalue weighted by Crippen LogP contribution is -2.45. The molecule has 0 radical (unpaired) electrons. The van der Waals surface area contributed by atoms with E-state index in [1.165, 1.54) is 0 Å². The fourth-order valence-electron chi connectivity index (χ4n) is 1.91. The van der Waals surface area contributed by atoms with E-state index in [-0.39, 0.29) is 0 Å². The Hall–Kier alpha value is -1.36. The molecule has 1 aliphatic heterocycles. The van der Waals surface area contributed by atoms with Crippen molar-refractivity contribution in [1.29, 1.82) is 0 Å². The van der Waals surface area contributed by atoms with Crippen molar-refractivity contribution in [1.82, 2.24) is 0 Å². The molecule has 2 rings (SSSR count). The summed E-state index contributed by atoms with van der Waals surface area (Å²) >= 11 is 0. The Labute approximate surface area is 87.2 Å². The zero-order valence-corrected chi connectivity index (χ0v) is 8.27. The van der Waals surface area contributed by atoms with Gasteiger partial charge in [-0.15, -0.1) is 0 Å². The first-order chi connectivity index (χ1) is 7.18. The SMILES string of the molecule is NC1OC(=O)C(C2=CCCCC2)C(=O)O1. The molecule has 82 valence electrons. The maximum atomic E-state index is 11.5. The number of carbonyl (C=O) groups is 2. The van der Waals surface area contributed by atoms with Gasteiger partial charge in [0, 0.05) is 0 Å². The summed E-state index contributed by atoms with van der Waals surface area (Å²) in [4.78, 5) is 22.9. The third-order valence-corrected chi connectivity index (χ3v) is 2.63. The van der Waals surface area contributed by atoms with E-state index in [0.717, 1.165) is 31.3 Å². The van der Waals surface area contributed by atoms with Crippen molar-refractivity contribution in [3.63, 3.8) is 0 Å². The molecule has 0 spiro atoms. The van der Waals surface area contributed by atoms with E-state index in [0.29, 0.717) is 0 Å². The van der Waals surface area contributed by atoms with Crippen molar-refractivity contribution in [2.75, 3.05) is 0 Å². The Morgan fingerprint density at radius 1 is 1.20 bits per heavy atom. The van der Waals surface area contributed by atoms with Gasteiger partial charge in [0.25, 0.3) is 0 Å². The van der Waals surface area contributed by atoms with Gasteiger partial charge in [0.2, 0.25) is 0 Å². The zero-order valence-electron chi connectivity index (χ0n) is 8.27. The summed E-state index contributed by atoms with van der Waals surface area (Å²) in [5.41, 5.74) is 6.01. The van der Waals surface area contributed by atoms with Gasteiger partial charge in [-0.2, -0.15) is 0 Å². The quantitative estimate of drug-likeness (QED) is 0.387. The first-order valence-electron chi connectivity index (χ1n) is 5.04. The van der Waals surface area contributed by atoms with Crippen LogP contribution in [0.4, 0.5) is 0 Å². The number of rotatable bonds is 1. The second kappa shape index (κ2) is 4.02. The van der Waals surface area contributed by atoms with Gasteiger partial charge >= 0.3 is 18.4 Å². The largest absolute Gasteiger partial charge is 0.410 e. The lowest BCUT2D eigenvalue weighted by molar-refractivity contribution is -0.208. The third kappa shape index (κ3) is 2.02. The Morgan fingerprint density at radius 3 is 2.40 bits per heavy atom. The molecule has 1 fully saturated rings. The second-order valence-corrected chi connectivity index (χ2v) is 3.70. The first kappa shape index (κ1) is 10.2. The molecule has 0 aromatic rings. The van der Waals surface area contributed by atoms with Crippen molar-refractivity contribution in [3.8, 4) is 0 Å². The van der Waals surface area contributed by atoms with Crippen LogP contribution in [0.2, 0.25) is 0 Å². The van der Waals surface area contributed by atoms with E-state index in [9.17, 15) is 9.59 Å². The van der Waals surface area contributed by atoms with Gasteiger partial charge in [0.05, 0.1) is 0 Å². The van der Waals surface area contributed by atoms with Gasteiger partial charge in [-0.25, -0.2) is 0 Å². The Balaban J connectivity index is 2.16. The molecule has 0 aromatic carbocycles. The number of nitrogens with two attached hydrogens (primary N) is 1. The van der Waals surface area contributed by atoms with Crippen LogP contribution in [0.15, 0.2) is 11.6 Å². The van der Waals surface area contributed by atoms with Crippen LogP contribution in [-0.2, 0) is 19.1 Å². The number of cyclic esters (lactones) is 2. The minimum atomic E-state index is -1.24. The van der Waals surface area contributed by atoms with E-state index < -0.39 is 24.3 Å². The van der Waals surface area contributed by atoms with Crippen molar-refractivity contribution in [2.24, 2.45) is 11.7 Å². The van der Waals surface area contributed by atoms with E-state index in [4.69, 9.17) is 5.73 Å². The van der Waals surface area contributed by atoms with Gasteiger partial charge in [-0.05, 0) is 31.3 Å². The van der Waals surface area contributed by atoms with Crippen molar-refractivity contribution in [3.05, 3.63) is 11.6 Å². The molecule has 5 heteroatoms.